The monoisotopic (exact) mass is 258 g/mol. The second-order valence-electron chi connectivity index (χ2n) is 6.14. The van der Waals surface area contributed by atoms with Crippen LogP contribution < -0.4 is 10.2 Å². The van der Waals surface area contributed by atoms with Crippen LogP contribution in [0.3, 0.4) is 0 Å². The van der Waals surface area contributed by atoms with Crippen LogP contribution in [0.2, 0.25) is 0 Å². The molecule has 1 aromatic rings. The van der Waals surface area contributed by atoms with Crippen molar-refractivity contribution in [3.63, 3.8) is 0 Å². The lowest BCUT2D eigenvalue weighted by molar-refractivity contribution is 0.489. The van der Waals surface area contributed by atoms with Gasteiger partial charge in [-0.3, -0.25) is 0 Å². The number of hydrogen-bond acceptors (Lipinski definition) is 2. The van der Waals surface area contributed by atoms with Crippen molar-refractivity contribution < 1.29 is 0 Å². The molecule has 104 valence electrons. The minimum absolute atomic E-state index is 0.934. The predicted molar refractivity (Wildman–Crippen MR) is 81.6 cm³/mol. The van der Waals surface area contributed by atoms with Crippen molar-refractivity contribution in [1.82, 2.24) is 5.32 Å². The lowest BCUT2D eigenvalue weighted by Crippen LogP contribution is -2.21. The highest BCUT2D eigenvalue weighted by Crippen LogP contribution is 2.24. The number of hydrogen-bond donors (Lipinski definition) is 1. The number of nitrogens with zero attached hydrogens (tertiary/aromatic N) is 1. The summed E-state index contributed by atoms with van der Waals surface area (Å²) in [6.45, 7) is 4.70. The number of nitrogens with one attached hydrogen (secondary N) is 1. The smallest absolute Gasteiger partial charge is 0.0366 e. The Bertz CT molecular complexity index is 373. The first-order chi connectivity index (χ1) is 9.42. The van der Waals surface area contributed by atoms with E-state index in [1.54, 1.807) is 0 Å². The minimum atomic E-state index is 0.934. The van der Waals surface area contributed by atoms with Crippen LogP contribution in [0.15, 0.2) is 24.3 Å². The van der Waals surface area contributed by atoms with Crippen molar-refractivity contribution in [3.8, 4) is 0 Å². The van der Waals surface area contributed by atoms with E-state index in [1.165, 1.54) is 69.4 Å². The first-order valence-electron chi connectivity index (χ1n) is 7.96. The van der Waals surface area contributed by atoms with Gasteiger partial charge in [0.15, 0.2) is 0 Å². The molecule has 1 N–H and O–H groups in total. The molecule has 0 radical (unpaired) electrons. The molecule has 2 fully saturated rings. The molecule has 1 saturated carbocycles. The van der Waals surface area contributed by atoms with Gasteiger partial charge in [0.2, 0.25) is 0 Å². The van der Waals surface area contributed by atoms with Crippen LogP contribution in [0.5, 0.6) is 0 Å². The topological polar surface area (TPSA) is 15.3 Å². The molecule has 2 heteroatoms. The highest BCUT2D eigenvalue weighted by Gasteiger charge is 2.14. The standard InChI is InChI=1S/C17H26N2/c1-2-6-15(5-1)13-18-14-16-7-9-17(10-8-16)19-11-3-4-12-19/h7-10,15,18H,1-6,11-14H2. The molecule has 1 saturated heterocycles. The maximum absolute atomic E-state index is 3.62. The average Bonchev–Trinajstić information content (AvgIpc) is 3.13. The van der Waals surface area contributed by atoms with Gasteiger partial charge in [-0.1, -0.05) is 25.0 Å². The van der Waals surface area contributed by atoms with Crippen LogP contribution in [0.25, 0.3) is 0 Å². The Morgan fingerprint density at radius 3 is 2.32 bits per heavy atom. The van der Waals surface area contributed by atoms with Gasteiger partial charge in [0.1, 0.15) is 0 Å². The Labute approximate surface area is 117 Å². The van der Waals surface area contributed by atoms with Crippen molar-refractivity contribution in [1.29, 1.82) is 0 Å². The molecule has 19 heavy (non-hydrogen) atoms. The average molecular weight is 258 g/mol. The van der Waals surface area contributed by atoms with Gasteiger partial charge in [0.05, 0.1) is 0 Å². The molecule has 0 spiro atoms. The zero-order valence-corrected chi connectivity index (χ0v) is 11.9. The molecular weight excluding hydrogens is 232 g/mol. The molecule has 2 aliphatic rings. The summed E-state index contributed by atoms with van der Waals surface area (Å²) in [6.07, 6.45) is 8.45. The van der Waals surface area contributed by atoms with Crippen LogP contribution in [0.4, 0.5) is 5.69 Å². The van der Waals surface area contributed by atoms with Crippen molar-refractivity contribution in [3.05, 3.63) is 29.8 Å². The van der Waals surface area contributed by atoms with Crippen molar-refractivity contribution in [2.75, 3.05) is 24.5 Å². The Balaban J connectivity index is 1.45. The first-order valence-corrected chi connectivity index (χ1v) is 7.96. The molecule has 0 unspecified atom stereocenters. The van der Waals surface area contributed by atoms with E-state index < -0.39 is 0 Å². The maximum Gasteiger partial charge on any atom is 0.0366 e. The fraction of sp³-hybridized carbons (Fsp3) is 0.647. The summed E-state index contributed by atoms with van der Waals surface area (Å²) < 4.78 is 0. The molecule has 1 aliphatic heterocycles. The zero-order valence-electron chi connectivity index (χ0n) is 11.9. The largest absolute Gasteiger partial charge is 0.372 e. The van der Waals surface area contributed by atoms with Gasteiger partial charge < -0.3 is 10.2 Å². The summed E-state index contributed by atoms with van der Waals surface area (Å²) in [4.78, 5) is 2.50. The number of anilines is 1. The predicted octanol–water partition coefficient (Wildman–Crippen LogP) is 3.57. The molecule has 1 aromatic carbocycles. The summed E-state index contributed by atoms with van der Waals surface area (Å²) in [6, 6.07) is 9.15. The third-order valence-corrected chi connectivity index (χ3v) is 4.64. The third-order valence-electron chi connectivity index (χ3n) is 4.64. The molecule has 3 rings (SSSR count). The summed E-state index contributed by atoms with van der Waals surface area (Å²) in [5.74, 6) is 0.934. The van der Waals surface area contributed by atoms with E-state index in [2.05, 4.69) is 34.5 Å². The molecule has 0 aromatic heterocycles. The van der Waals surface area contributed by atoms with E-state index in [0.717, 1.165) is 12.5 Å². The highest BCUT2D eigenvalue weighted by atomic mass is 15.1. The molecule has 1 heterocycles. The fourth-order valence-corrected chi connectivity index (χ4v) is 3.44. The van der Waals surface area contributed by atoms with Crippen LogP contribution >= 0.6 is 0 Å². The minimum Gasteiger partial charge on any atom is -0.372 e. The lowest BCUT2D eigenvalue weighted by atomic mass is 10.1. The second kappa shape index (κ2) is 6.42. The van der Waals surface area contributed by atoms with Gasteiger partial charge in [-0.25, -0.2) is 0 Å². The van der Waals surface area contributed by atoms with Crippen molar-refractivity contribution in [2.45, 2.75) is 45.1 Å². The van der Waals surface area contributed by atoms with Crippen molar-refractivity contribution >= 4 is 5.69 Å². The number of benzene rings is 1. The number of rotatable bonds is 5. The SMILES string of the molecule is c1cc(N2CCCC2)ccc1CNCC1CCCC1. The molecule has 1 aliphatic carbocycles. The molecular formula is C17H26N2. The Morgan fingerprint density at radius 1 is 0.947 bits per heavy atom. The van der Waals surface area contributed by atoms with Crippen LogP contribution in [-0.4, -0.2) is 19.6 Å². The van der Waals surface area contributed by atoms with Gasteiger partial charge in [0.25, 0.3) is 0 Å². The molecule has 0 amide bonds. The van der Waals surface area contributed by atoms with Gasteiger partial charge in [-0.2, -0.15) is 0 Å². The Kier molecular flexibility index (Phi) is 4.39. The zero-order chi connectivity index (χ0) is 12.9. The maximum atomic E-state index is 3.62. The fourth-order valence-electron chi connectivity index (χ4n) is 3.44. The van der Waals surface area contributed by atoms with Crippen LogP contribution in [0, 0.1) is 5.92 Å². The Morgan fingerprint density at radius 2 is 1.63 bits per heavy atom. The second-order valence-corrected chi connectivity index (χ2v) is 6.14. The van der Waals surface area contributed by atoms with E-state index in [-0.39, 0.29) is 0 Å². The van der Waals surface area contributed by atoms with Gasteiger partial charge in [0, 0.05) is 25.3 Å². The lowest BCUT2D eigenvalue weighted by Gasteiger charge is -2.18. The first kappa shape index (κ1) is 13.0. The summed E-state index contributed by atoms with van der Waals surface area (Å²) in [5, 5.41) is 3.62. The molecule has 0 atom stereocenters. The van der Waals surface area contributed by atoms with Gasteiger partial charge in [-0.15, -0.1) is 0 Å². The Hall–Kier alpha value is -1.02. The van der Waals surface area contributed by atoms with Gasteiger partial charge in [-0.05, 0) is 55.8 Å². The van der Waals surface area contributed by atoms with Crippen molar-refractivity contribution in [2.24, 2.45) is 5.92 Å². The normalized spacial score (nSPS) is 20.3. The van der Waals surface area contributed by atoms with E-state index in [4.69, 9.17) is 0 Å². The third kappa shape index (κ3) is 3.50. The summed E-state index contributed by atoms with van der Waals surface area (Å²) >= 11 is 0. The van der Waals surface area contributed by atoms with Crippen LogP contribution in [0.1, 0.15) is 44.1 Å². The van der Waals surface area contributed by atoms with Crippen LogP contribution in [-0.2, 0) is 6.54 Å². The quantitative estimate of drug-likeness (QED) is 0.868. The highest BCUT2D eigenvalue weighted by molar-refractivity contribution is 5.48. The van der Waals surface area contributed by atoms with E-state index >= 15 is 0 Å². The molecule has 2 nitrogen and oxygen atoms in total. The molecule has 0 bridgehead atoms. The van der Waals surface area contributed by atoms with Gasteiger partial charge >= 0.3 is 0 Å². The summed E-state index contributed by atoms with van der Waals surface area (Å²) in [5.41, 5.74) is 2.82. The summed E-state index contributed by atoms with van der Waals surface area (Å²) in [7, 11) is 0. The van der Waals surface area contributed by atoms with E-state index in [1.807, 2.05) is 0 Å². The van der Waals surface area contributed by atoms with E-state index in [9.17, 15) is 0 Å². The van der Waals surface area contributed by atoms with E-state index in [0.29, 0.717) is 0 Å².